The minimum Gasteiger partial charge on any atom is -0.493 e. The maximum Gasteiger partial charge on any atom is 0.227 e. The molecule has 0 atom stereocenters. The molecule has 0 saturated carbocycles. The molecule has 0 bridgehead atoms. The van der Waals surface area contributed by atoms with Gasteiger partial charge in [0.1, 0.15) is 5.75 Å². The molecule has 4 heteroatoms. The van der Waals surface area contributed by atoms with Gasteiger partial charge in [0.05, 0.1) is 18.7 Å². The molecule has 0 fully saturated rings. The summed E-state index contributed by atoms with van der Waals surface area (Å²) in [5.41, 5.74) is 3.16. The van der Waals surface area contributed by atoms with Crippen molar-refractivity contribution >= 4 is 34.2 Å². The Hall–Kier alpha value is -1.56. The molecular weight excluding hydrogens is 377 g/mol. The second-order valence-corrected chi connectivity index (χ2v) is 6.11. The monoisotopic (exact) mass is 395 g/mol. The third-order valence-corrected chi connectivity index (χ3v) is 3.88. The summed E-state index contributed by atoms with van der Waals surface area (Å²) in [6, 6.07) is 13.8. The minimum atomic E-state index is -0.0384. The van der Waals surface area contributed by atoms with Gasteiger partial charge in [-0.05, 0) is 71.8 Å². The number of carbonyl (C=O) groups is 1. The number of rotatable bonds is 5. The van der Waals surface area contributed by atoms with Gasteiger partial charge in [0.15, 0.2) is 0 Å². The quantitative estimate of drug-likeness (QED) is 0.767. The van der Waals surface area contributed by atoms with Crippen molar-refractivity contribution < 1.29 is 9.53 Å². The van der Waals surface area contributed by atoms with E-state index in [1.807, 2.05) is 50.2 Å². The predicted octanol–water partition coefficient (Wildman–Crippen LogP) is 4.32. The van der Waals surface area contributed by atoms with Gasteiger partial charge in [0.25, 0.3) is 0 Å². The minimum absolute atomic E-state index is 0.0384. The van der Waals surface area contributed by atoms with Crippen molar-refractivity contribution in [2.45, 2.75) is 20.3 Å². The number of anilines is 1. The van der Waals surface area contributed by atoms with E-state index in [1.54, 1.807) is 0 Å². The van der Waals surface area contributed by atoms with Crippen LogP contribution in [0.4, 0.5) is 5.69 Å². The SMILES string of the molecule is Cc1cc(C)cc(OCCC(=O)Nc2ccccc2I)c1. The average Bonchev–Trinajstić information content (AvgIpc) is 2.40. The fourth-order valence-electron chi connectivity index (χ4n) is 2.05. The Balaban J connectivity index is 1.83. The zero-order chi connectivity index (χ0) is 15.2. The first kappa shape index (κ1) is 15.8. The van der Waals surface area contributed by atoms with Crippen molar-refractivity contribution in [2.24, 2.45) is 0 Å². The van der Waals surface area contributed by atoms with Crippen molar-refractivity contribution in [1.82, 2.24) is 0 Å². The lowest BCUT2D eigenvalue weighted by molar-refractivity contribution is -0.116. The summed E-state index contributed by atoms with van der Waals surface area (Å²) in [6.07, 6.45) is 0.331. The molecule has 0 heterocycles. The summed E-state index contributed by atoms with van der Waals surface area (Å²) in [5.74, 6) is 0.776. The first-order chi connectivity index (χ1) is 10.0. The molecule has 0 radical (unpaired) electrons. The van der Waals surface area contributed by atoms with Crippen molar-refractivity contribution in [3.63, 3.8) is 0 Å². The molecule has 0 saturated heterocycles. The normalized spacial score (nSPS) is 10.2. The lowest BCUT2D eigenvalue weighted by Gasteiger charge is -2.09. The smallest absolute Gasteiger partial charge is 0.227 e. The summed E-state index contributed by atoms with van der Waals surface area (Å²) in [6.45, 7) is 4.44. The molecule has 0 aliphatic heterocycles. The van der Waals surface area contributed by atoms with Crippen molar-refractivity contribution in [1.29, 1.82) is 0 Å². The van der Waals surface area contributed by atoms with Crippen LogP contribution in [0.1, 0.15) is 17.5 Å². The second-order valence-electron chi connectivity index (χ2n) is 4.95. The standard InChI is InChI=1S/C17H18INO2/c1-12-9-13(2)11-14(10-12)21-8-7-17(20)19-16-6-4-3-5-15(16)18/h3-6,9-11H,7-8H2,1-2H3,(H,19,20). The van der Waals surface area contributed by atoms with Crippen LogP contribution in [0, 0.1) is 17.4 Å². The van der Waals surface area contributed by atoms with Crippen LogP contribution in [0.5, 0.6) is 5.75 Å². The average molecular weight is 395 g/mol. The molecule has 2 aromatic carbocycles. The summed E-state index contributed by atoms with van der Waals surface area (Å²) >= 11 is 2.20. The van der Waals surface area contributed by atoms with Gasteiger partial charge in [0, 0.05) is 3.57 Å². The first-order valence-electron chi connectivity index (χ1n) is 6.80. The highest BCUT2D eigenvalue weighted by Crippen LogP contribution is 2.18. The molecule has 21 heavy (non-hydrogen) atoms. The lowest BCUT2D eigenvalue weighted by Crippen LogP contribution is -2.15. The number of carbonyl (C=O) groups excluding carboxylic acids is 1. The van der Waals surface area contributed by atoms with E-state index in [0.29, 0.717) is 13.0 Å². The maximum absolute atomic E-state index is 11.9. The highest BCUT2D eigenvalue weighted by atomic mass is 127. The fourth-order valence-corrected chi connectivity index (χ4v) is 2.58. The van der Waals surface area contributed by atoms with E-state index in [4.69, 9.17) is 4.74 Å². The second kappa shape index (κ2) is 7.45. The summed E-state index contributed by atoms with van der Waals surface area (Å²) in [7, 11) is 0. The van der Waals surface area contributed by atoms with Crippen molar-refractivity contribution in [3.8, 4) is 5.75 Å². The Morgan fingerprint density at radius 1 is 1.14 bits per heavy atom. The molecule has 0 aliphatic carbocycles. The van der Waals surface area contributed by atoms with Crippen LogP contribution in [0.2, 0.25) is 0 Å². The third kappa shape index (κ3) is 5.04. The summed E-state index contributed by atoms with van der Waals surface area (Å²) < 4.78 is 6.67. The van der Waals surface area contributed by atoms with Crippen LogP contribution in [-0.4, -0.2) is 12.5 Å². The van der Waals surface area contributed by atoms with Gasteiger partial charge in [-0.3, -0.25) is 4.79 Å². The highest BCUT2D eigenvalue weighted by molar-refractivity contribution is 14.1. The Bertz CT molecular complexity index is 620. The summed E-state index contributed by atoms with van der Waals surface area (Å²) in [4.78, 5) is 11.9. The lowest BCUT2D eigenvalue weighted by atomic mass is 10.1. The van der Waals surface area contributed by atoms with Gasteiger partial charge in [-0.15, -0.1) is 0 Å². The molecule has 1 N–H and O–H groups in total. The van der Waals surface area contributed by atoms with Gasteiger partial charge < -0.3 is 10.1 Å². The molecule has 2 rings (SSSR count). The molecule has 0 aliphatic rings. The molecule has 0 aromatic heterocycles. The molecule has 110 valence electrons. The van der Waals surface area contributed by atoms with Crippen LogP contribution in [0.25, 0.3) is 0 Å². The van der Waals surface area contributed by atoms with Gasteiger partial charge >= 0.3 is 0 Å². The van der Waals surface area contributed by atoms with Crippen LogP contribution >= 0.6 is 22.6 Å². The zero-order valence-corrected chi connectivity index (χ0v) is 14.3. The summed E-state index contributed by atoms with van der Waals surface area (Å²) in [5, 5.41) is 2.89. The van der Waals surface area contributed by atoms with Crippen molar-refractivity contribution in [3.05, 3.63) is 57.2 Å². The molecular formula is C17H18INO2. The van der Waals surface area contributed by atoms with Crippen LogP contribution in [0.3, 0.4) is 0 Å². The van der Waals surface area contributed by atoms with E-state index in [2.05, 4.69) is 34.0 Å². The van der Waals surface area contributed by atoms with E-state index < -0.39 is 0 Å². The van der Waals surface area contributed by atoms with E-state index in [-0.39, 0.29) is 5.91 Å². The number of benzene rings is 2. The fraction of sp³-hybridized carbons (Fsp3) is 0.235. The molecule has 3 nitrogen and oxygen atoms in total. The Kier molecular flexibility index (Phi) is 5.61. The van der Waals surface area contributed by atoms with Gasteiger partial charge in [-0.1, -0.05) is 18.2 Å². The van der Waals surface area contributed by atoms with E-state index in [0.717, 1.165) is 26.1 Å². The molecule has 1 amide bonds. The number of ether oxygens (including phenoxy) is 1. The van der Waals surface area contributed by atoms with Crippen molar-refractivity contribution in [2.75, 3.05) is 11.9 Å². The number of amides is 1. The number of hydrogen-bond acceptors (Lipinski definition) is 2. The van der Waals surface area contributed by atoms with Crippen LogP contribution in [-0.2, 0) is 4.79 Å². The molecule has 2 aromatic rings. The van der Waals surface area contributed by atoms with E-state index in [1.165, 1.54) is 0 Å². The highest BCUT2D eigenvalue weighted by Gasteiger charge is 2.05. The van der Waals surface area contributed by atoms with Gasteiger partial charge in [-0.25, -0.2) is 0 Å². The topological polar surface area (TPSA) is 38.3 Å². The molecule has 0 spiro atoms. The van der Waals surface area contributed by atoms with Crippen LogP contribution in [0.15, 0.2) is 42.5 Å². The largest absolute Gasteiger partial charge is 0.493 e. The van der Waals surface area contributed by atoms with Gasteiger partial charge in [0.2, 0.25) is 5.91 Å². The third-order valence-electron chi connectivity index (χ3n) is 2.94. The number of aryl methyl sites for hydroxylation is 2. The Morgan fingerprint density at radius 3 is 2.48 bits per heavy atom. The zero-order valence-electron chi connectivity index (χ0n) is 12.2. The number of hydrogen-bond donors (Lipinski definition) is 1. The molecule has 0 unspecified atom stereocenters. The van der Waals surface area contributed by atoms with E-state index >= 15 is 0 Å². The number of halogens is 1. The van der Waals surface area contributed by atoms with Gasteiger partial charge in [-0.2, -0.15) is 0 Å². The predicted molar refractivity (Wildman–Crippen MR) is 93.8 cm³/mol. The Morgan fingerprint density at radius 2 is 1.81 bits per heavy atom. The Labute approximate surface area is 138 Å². The maximum atomic E-state index is 11.9. The first-order valence-corrected chi connectivity index (χ1v) is 7.88. The number of nitrogens with one attached hydrogen (secondary N) is 1. The van der Waals surface area contributed by atoms with Crippen LogP contribution < -0.4 is 10.1 Å². The number of para-hydroxylation sites is 1. The van der Waals surface area contributed by atoms with E-state index in [9.17, 15) is 4.79 Å².